The van der Waals surface area contributed by atoms with Crippen LogP contribution in [0.5, 0.6) is 0 Å². The second-order valence-electron chi connectivity index (χ2n) is 6.29. The Kier molecular flexibility index (Phi) is 6.33. The Bertz CT molecular complexity index is 483. The van der Waals surface area contributed by atoms with Gasteiger partial charge in [0.2, 0.25) is 12.3 Å². The van der Waals surface area contributed by atoms with Crippen LogP contribution in [0.4, 0.5) is 13.6 Å². The summed E-state index contributed by atoms with van der Waals surface area (Å²) in [5.74, 6) is -2.63. The average molecular weight is 347 g/mol. The molecule has 3 amide bonds. The van der Waals surface area contributed by atoms with Crippen molar-refractivity contribution in [2.24, 2.45) is 5.92 Å². The quantitative estimate of drug-likeness (QED) is 0.780. The molecule has 2 aliphatic heterocycles. The Morgan fingerprint density at radius 1 is 1.08 bits per heavy atom. The highest BCUT2D eigenvalue weighted by Crippen LogP contribution is 2.20. The molecule has 0 aromatic carbocycles. The topological polar surface area (TPSA) is 90.0 Å². The first-order chi connectivity index (χ1) is 11.4. The van der Waals surface area contributed by atoms with Crippen LogP contribution in [0, 0.1) is 5.92 Å². The molecule has 0 spiro atoms. The molecule has 0 radical (unpaired) electrons. The predicted molar refractivity (Wildman–Crippen MR) is 80.7 cm³/mol. The zero-order valence-electron chi connectivity index (χ0n) is 13.4. The van der Waals surface area contributed by atoms with Crippen LogP contribution in [0.15, 0.2) is 0 Å². The molecule has 136 valence electrons. The van der Waals surface area contributed by atoms with E-state index in [1.165, 1.54) is 0 Å². The van der Waals surface area contributed by atoms with Crippen LogP contribution in [0.1, 0.15) is 32.1 Å². The molecule has 24 heavy (non-hydrogen) atoms. The number of carbonyl (C=O) groups is 3. The van der Waals surface area contributed by atoms with Gasteiger partial charge in [0.05, 0.1) is 5.92 Å². The first-order valence-electron chi connectivity index (χ1n) is 8.23. The standard InChI is InChI=1S/C15H23F2N3O4/c16-12(17)8-11(14(22)23)18-13(21)10-4-3-7-20(9-10)15(24)19-5-1-2-6-19/h10-12H,1-9H2,(H,18,21)(H,22,23). The molecule has 2 heterocycles. The van der Waals surface area contributed by atoms with E-state index in [-0.39, 0.29) is 12.6 Å². The van der Waals surface area contributed by atoms with Crippen molar-refractivity contribution in [3.63, 3.8) is 0 Å². The van der Waals surface area contributed by atoms with E-state index in [0.29, 0.717) is 32.5 Å². The van der Waals surface area contributed by atoms with Crippen molar-refractivity contribution >= 4 is 17.9 Å². The first-order valence-corrected chi connectivity index (χ1v) is 8.23. The summed E-state index contributed by atoms with van der Waals surface area (Å²) in [5.41, 5.74) is 0. The number of nitrogens with zero attached hydrogens (tertiary/aromatic N) is 2. The van der Waals surface area contributed by atoms with Crippen LogP contribution >= 0.6 is 0 Å². The van der Waals surface area contributed by atoms with Gasteiger partial charge in [0.25, 0.3) is 0 Å². The van der Waals surface area contributed by atoms with Crippen molar-refractivity contribution in [1.82, 2.24) is 15.1 Å². The molecule has 0 aromatic heterocycles. The van der Waals surface area contributed by atoms with Crippen molar-refractivity contribution in [3.8, 4) is 0 Å². The molecular weight excluding hydrogens is 324 g/mol. The summed E-state index contributed by atoms with van der Waals surface area (Å²) < 4.78 is 24.8. The molecule has 2 saturated heterocycles. The van der Waals surface area contributed by atoms with Gasteiger partial charge in [0.1, 0.15) is 6.04 Å². The molecule has 0 aliphatic carbocycles. The molecule has 2 unspecified atom stereocenters. The van der Waals surface area contributed by atoms with Crippen LogP contribution in [-0.4, -0.2) is 71.5 Å². The van der Waals surface area contributed by atoms with Crippen molar-refractivity contribution in [3.05, 3.63) is 0 Å². The monoisotopic (exact) mass is 347 g/mol. The second kappa shape index (κ2) is 8.25. The highest BCUT2D eigenvalue weighted by Gasteiger charge is 2.33. The molecule has 0 bridgehead atoms. The molecule has 2 atom stereocenters. The third kappa shape index (κ3) is 4.78. The maximum Gasteiger partial charge on any atom is 0.326 e. The number of likely N-dealkylation sites (tertiary alicyclic amines) is 2. The molecule has 2 rings (SSSR count). The van der Waals surface area contributed by atoms with Crippen LogP contribution in [0.3, 0.4) is 0 Å². The number of hydrogen-bond acceptors (Lipinski definition) is 3. The number of halogens is 2. The molecule has 9 heteroatoms. The fourth-order valence-corrected chi connectivity index (χ4v) is 3.16. The van der Waals surface area contributed by atoms with Crippen LogP contribution in [0.2, 0.25) is 0 Å². The van der Waals surface area contributed by atoms with Gasteiger partial charge in [-0.3, -0.25) is 4.79 Å². The number of aliphatic carboxylic acids is 1. The number of nitrogens with one attached hydrogen (secondary N) is 1. The molecule has 2 aliphatic rings. The Morgan fingerprint density at radius 3 is 2.29 bits per heavy atom. The number of hydrogen-bond donors (Lipinski definition) is 2. The van der Waals surface area contributed by atoms with Gasteiger partial charge in [-0.2, -0.15) is 0 Å². The lowest BCUT2D eigenvalue weighted by Gasteiger charge is -2.35. The first kappa shape index (κ1) is 18.4. The maximum absolute atomic E-state index is 12.4. The lowest BCUT2D eigenvalue weighted by Crippen LogP contribution is -2.52. The third-order valence-electron chi connectivity index (χ3n) is 4.47. The smallest absolute Gasteiger partial charge is 0.326 e. The van der Waals surface area contributed by atoms with Crippen molar-refractivity contribution in [2.45, 2.75) is 44.6 Å². The predicted octanol–water partition coefficient (Wildman–Crippen LogP) is 1.14. The van der Waals surface area contributed by atoms with E-state index in [1.54, 1.807) is 9.80 Å². The number of rotatable bonds is 5. The van der Waals surface area contributed by atoms with Crippen molar-refractivity contribution in [2.75, 3.05) is 26.2 Å². The zero-order valence-corrected chi connectivity index (χ0v) is 13.4. The SMILES string of the molecule is O=C(NC(CC(F)F)C(=O)O)C1CCCN(C(=O)N2CCCC2)C1. The zero-order chi connectivity index (χ0) is 17.7. The number of piperidine rings is 1. The molecule has 7 nitrogen and oxygen atoms in total. The van der Waals surface area contributed by atoms with Gasteiger partial charge in [-0.05, 0) is 25.7 Å². The van der Waals surface area contributed by atoms with Gasteiger partial charge in [0.15, 0.2) is 0 Å². The minimum absolute atomic E-state index is 0.104. The highest BCUT2D eigenvalue weighted by molar-refractivity contribution is 5.85. The summed E-state index contributed by atoms with van der Waals surface area (Å²) in [6.45, 7) is 2.17. The molecule has 0 aromatic rings. The number of urea groups is 1. The minimum Gasteiger partial charge on any atom is -0.480 e. The lowest BCUT2D eigenvalue weighted by atomic mass is 9.96. The Balaban J connectivity index is 1.91. The molecule has 0 saturated carbocycles. The maximum atomic E-state index is 12.4. The van der Waals surface area contributed by atoms with Gasteiger partial charge in [-0.15, -0.1) is 0 Å². The summed E-state index contributed by atoms with van der Waals surface area (Å²) >= 11 is 0. The lowest BCUT2D eigenvalue weighted by molar-refractivity contribution is -0.144. The normalized spacial score (nSPS) is 22.5. The van der Waals surface area contributed by atoms with E-state index in [1.807, 2.05) is 0 Å². The Labute approximate surface area is 139 Å². The Morgan fingerprint density at radius 2 is 1.71 bits per heavy atom. The van der Waals surface area contributed by atoms with Gasteiger partial charge in [-0.1, -0.05) is 0 Å². The van der Waals surface area contributed by atoms with E-state index in [2.05, 4.69) is 5.32 Å². The van der Waals surface area contributed by atoms with Gasteiger partial charge < -0.3 is 20.2 Å². The fraction of sp³-hybridized carbons (Fsp3) is 0.800. The molecule has 2 N–H and O–H groups in total. The number of amides is 3. The summed E-state index contributed by atoms with van der Waals surface area (Å²) in [4.78, 5) is 38.9. The summed E-state index contributed by atoms with van der Waals surface area (Å²) in [7, 11) is 0. The van der Waals surface area contributed by atoms with Crippen LogP contribution in [0.25, 0.3) is 0 Å². The number of alkyl halides is 2. The van der Waals surface area contributed by atoms with E-state index in [0.717, 1.165) is 12.8 Å². The van der Waals surface area contributed by atoms with Gasteiger partial charge in [-0.25, -0.2) is 18.4 Å². The van der Waals surface area contributed by atoms with E-state index in [4.69, 9.17) is 5.11 Å². The summed E-state index contributed by atoms with van der Waals surface area (Å²) in [5, 5.41) is 11.1. The Hall–Kier alpha value is -1.93. The number of carboxylic acid groups (broad SMARTS) is 1. The summed E-state index contributed by atoms with van der Waals surface area (Å²) in [6.07, 6.45) is -0.661. The van der Waals surface area contributed by atoms with Crippen molar-refractivity contribution < 1.29 is 28.3 Å². The minimum atomic E-state index is -2.81. The highest BCUT2D eigenvalue weighted by atomic mass is 19.3. The second-order valence-corrected chi connectivity index (χ2v) is 6.29. The van der Waals surface area contributed by atoms with E-state index >= 15 is 0 Å². The average Bonchev–Trinajstić information content (AvgIpc) is 3.07. The van der Waals surface area contributed by atoms with Gasteiger partial charge >= 0.3 is 12.0 Å². The molecular formula is C15H23F2N3O4. The summed E-state index contributed by atoms with van der Waals surface area (Å²) in [6, 6.07) is -1.71. The van der Waals surface area contributed by atoms with E-state index in [9.17, 15) is 23.2 Å². The number of carbonyl (C=O) groups excluding carboxylic acids is 2. The molecule has 2 fully saturated rings. The number of carboxylic acids is 1. The third-order valence-corrected chi connectivity index (χ3v) is 4.47. The van der Waals surface area contributed by atoms with Crippen LogP contribution < -0.4 is 5.32 Å². The largest absolute Gasteiger partial charge is 0.480 e. The van der Waals surface area contributed by atoms with E-state index < -0.39 is 36.7 Å². The van der Waals surface area contributed by atoms with Gasteiger partial charge in [0, 0.05) is 32.6 Å². The van der Waals surface area contributed by atoms with Crippen LogP contribution in [-0.2, 0) is 9.59 Å². The van der Waals surface area contributed by atoms with Crippen molar-refractivity contribution in [1.29, 1.82) is 0 Å². The fourth-order valence-electron chi connectivity index (χ4n) is 3.16.